The van der Waals surface area contributed by atoms with Gasteiger partial charge in [0.2, 0.25) is 0 Å². The van der Waals surface area contributed by atoms with Crippen molar-refractivity contribution in [3.8, 4) is 5.75 Å². The van der Waals surface area contributed by atoms with Gasteiger partial charge in [-0.15, -0.1) is 0 Å². The van der Waals surface area contributed by atoms with Gasteiger partial charge in [-0.1, -0.05) is 6.07 Å². The number of anilines is 1. The van der Waals surface area contributed by atoms with Gasteiger partial charge in [0.05, 0.1) is 5.56 Å². The first-order valence-corrected chi connectivity index (χ1v) is 6.11. The van der Waals surface area contributed by atoms with Crippen molar-refractivity contribution in [2.24, 2.45) is 0 Å². The van der Waals surface area contributed by atoms with Crippen molar-refractivity contribution < 1.29 is 19.0 Å². The summed E-state index contributed by atoms with van der Waals surface area (Å²) in [7, 11) is 0. The highest BCUT2D eigenvalue weighted by Gasteiger charge is 2.02. The summed E-state index contributed by atoms with van der Waals surface area (Å²) in [6, 6.07) is 12.4. The predicted octanol–water partition coefficient (Wildman–Crippen LogP) is 3.01. The van der Waals surface area contributed by atoms with Crippen LogP contribution in [-0.2, 0) is 0 Å². The van der Waals surface area contributed by atoms with Crippen molar-refractivity contribution in [1.29, 1.82) is 0 Å². The smallest absolute Gasteiger partial charge is 0.335 e. The number of carboxylic acids is 1. The lowest BCUT2D eigenvalue weighted by Gasteiger charge is -2.08. The first-order chi connectivity index (χ1) is 9.65. The molecule has 0 bridgehead atoms. The first kappa shape index (κ1) is 13.9. The van der Waals surface area contributed by atoms with Crippen LogP contribution in [0.1, 0.15) is 10.4 Å². The molecule has 2 rings (SSSR count). The molecule has 0 fully saturated rings. The summed E-state index contributed by atoms with van der Waals surface area (Å²) in [5.41, 5.74) is 0.907. The highest BCUT2D eigenvalue weighted by Crippen LogP contribution is 2.12. The van der Waals surface area contributed by atoms with Crippen LogP contribution in [0.25, 0.3) is 0 Å². The quantitative estimate of drug-likeness (QED) is 0.796. The lowest BCUT2D eigenvalue weighted by molar-refractivity contribution is 0.0697. The van der Waals surface area contributed by atoms with Gasteiger partial charge < -0.3 is 15.2 Å². The third-order valence-electron chi connectivity index (χ3n) is 2.63. The minimum absolute atomic E-state index is 0.218. The number of hydrogen-bond donors (Lipinski definition) is 2. The first-order valence-electron chi connectivity index (χ1n) is 6.11. The zero-order valence-corrected chi connectivity index (χ0v) is 10.7. The molecule has 0 aliphatic carbocycles. The molecule has 0 unspecified atom stereocenters. The van der Waals surface area contributed by atoms with Gasteiger partial charge in [0.25, 0.3) is 0 Å². The fourth-order valence-corrected chi connectivity index (χ4v) is 1.66. The van der Waals surface area contributed by atoms with E-state index in [1.807, 2.05) is 0 Å². The molecular formula is C15H14FNO3. The van der Waals surface area contributed by atoms with Crippen LogP contribution in [0.5, 0.6) is 5.75 Å². The summed E-state index contributed by atoms with van der Waals surface area (Å²) in [4.78, 5) is 10.7. The van der Waals surface area contributed by atoms with Gasteiger partial charge in [0.15, 0.2) is 0 Å². The molecule has 2 aromatic rings. The second kappa shape index (κ2) is 6.56. The molecule has 0 amide bonds. The lowest BCUT2D eigenvalue weighted by Crippen LogP contribution is -2.11. The zero-order chi connectivity index (χ0) is 14.4. The summed E-state index contributed by atoms with van der Waals surface area (Å²) in [5.74, 6) is -0.666. The number of carbonyl (C=O) groups is 1. The number of hydrogen-bond acceptors (Lipinski definition) is 3. The second-order valence-electron chi connectivity index (χ2n) is 4.12. The molecule has 2 N–H and O–H groups in total. The number of carboxylic acid groups (broad SMARTS) is 1. The van der Waals surface area contributed by atoms with Crippen molar-refractivity contribution in [2.75, 3.05) is 18.5 Å². The molecule has 2 aromatic carbocycles. The Morgan fingerprint density at radius 2 is 1.95 bits per heavy atom. The fourth-order valence-electron chi connectivity index (χ4n) is 1.66. The van der Waals surface area contributed by atoms with Gasteiger partial charge in [-0.05, 0) is 42.5 Å². The summed E-state index contributed by atoms with van der Waals surface area (Å²) in [6.45, 7) is 0.910. The Bertz CT molecular complexity index is 584. The van der Waals surface area contributed by atoms with Crippen LogP contribution in [0.2, 0.25) is 0 Å². The highest BCUT2D eigenvalue weighted by atomic mass is 19.1. The Hall–Kier alpha value is -2.56. The van der Waals surface area contributed by atoms with E-state index < -0.39 is 5.97 Å². The van der Waals surface area contributed by atoms with E-state index in [1.54, 1.807) is 24.3 Å². The maximum atomic E-state index is 12.9. The molecule has 0 spiro atoms. The third-order valence-corrected chi connectivity index (χ3v) is 2.63. The monoisotopic (exact) mass is 275 g/mol. The number of rotatable bonds is 6. The van der Waals surface area contributed by atoms with Crippen molar-refractivity contribution in [1.82, 2.24) is 0 Å². The summed E-state index contributed by atoms with van der Waals surface area (Å²) >= 11 is 0. The Morgan fingerprint density at radius 1 is 1.20 bits per heavy atom. The maximum absolute atomic E-state index is 12.9. The molecule has 0 saturated heterocycles. The average molecular weight is 275 g/mol. The van der Waals surface area contributed by atoms with Crippen LogP contribution in [0, 0.1) is 5.82 Å². The average Bonchev–Trinajstić information content (AvgIpc) is 2.44. The molecule has 0 aliphatic rings. The number of aromatic carboxylic acids is 1. The SMILES string of the molecule is O=C(O)c1ccc(OCCNc2cccc(F)c2)cc1. The highest BCUT2D eigenvalue weighted by molar-refractivity contribution is 5.87. The van der Waals surface area contributed by atoms with Crippen LogP contribution in [0.4, 0.5) is 10.1 Å². The number of halogens is 1. The normalized spacial score (nSPS) is 10.1. The standard InChI is InChI=1S/C15H14FNO3/c16-12-2-1-3-13(10-12)17-8-9-20-14-6-4-11(5-7-14)15(18)19/h1-7,10,17H,8-9H2,(H,18,19). The molecule has 20 heavy (non-hydrogen) atoms. The molecule has 0 radical (unpaired) electrons. The Morgan fingerprint density at radius 3 is 2.60 bits per heavy atom. The summed E-state index contributed by atoms with van der Waals surface area (Å²) in [5, 5.41) is 11.8. The van der Waals surface area contributed by atoms with Gasteiger partial charge in [-0.2, -0.15) is 0 Å². The second-order valence-corrected chi connectivity index (χ2v) is 4.12. The summed E-state index contributed by atoms with van der Waals surface area (Å²) < 4.78 is 18.4. The van der Waals surface area contributed by atoms with E-state index in [0.29, 0.717) is 24.6 Å². The maximum Gasteiger partial charge on any atom is 0.335 e. The third kappa shape index (κ3) is 3.98. The van der Waals surface area contributed by atoms with Crippen LogP contribution < -0.4 is 10.1 Å². The van der Waals surface area contributed by atoms with Gasteiger partial charge in [-0.3, -0.25) is 0 Å². The van der Waals surface area contributed by atoms with Gasteiger partial charge >= 0.3 is 5.97 Å². The Kier molecular flexibility index (Phi) is 4.55. The molecule has 0 aromatic heterocycles. The molecule has 0 atom stereocenters. The van der Waals surface area contributed by atoms with E-state index in [2.05, 4.69) is 5.32 Å². The molecule has 0 heterocycles. The van der Waals surface area contributed by atoms with Crippen molar-refractivity contribution in [2.45, 2.75) is 0 Å². The molecule has 4 nitrogen and oxygen atoms in total. The Balaban J connectivity index is 1.77. The van der Waals surface area contributed by atoms with E-state index >= 15 is 0 Å². The van der Waals surface area contributed by atoms with E-state index in [4.69, 9.17) is 9.84 Å². The fraction of sp³-hybridized carbons (Fsp3) is 0.133. The number of ether oxygens (including phenoxy) is 1. The van der Waals surface area contributed by atoms with Gasteiger partial charge in [0.1, 0.15) is 18.2 Å². The summed E-state index contributed by atoms with van der Waals surface area (Å²) in [6.07, 6.45) is 0. The van der Waals surface area contributed by atoms with Crippen LogP contribution in [-0.4, -0.2) is 24.2 Å². The van der Waals surface area contributed by atoms with Gasteiger partial charge in [0, 0.05) is 12.2 Å². The van der Waals surface area contributed by atoms with E-state index in [-0.39, 0.29) is 11.4 Å². The lowest BCUT2D eigenvalue weighted by atomic mass is 10.2. The van der Waals surface area contributed by atoms with E-state index in [1.165, 1.54) is 24.3 Å². The Labute approximate surface area is 115 Å². The molecule has 104 valence electrons. The van der Waals surface area contributed by atoms with Crippen LogP contribution >= 0.6 is 0 Å². The topological polar surface area (TPSA) is 58.6 Å². The predicted molar refractivity (Wildman–Crippen MR) is 73.8 cm³/mol. The molecule has 0 aliphatic heterocycles. The largest absolute Gasteiger partial charge is 0.492 e. The van der Waals surface area contributed by atoms with Crippen LogP contribution in [0.3, 0.4) is 0 Å². The zero-order valence-electron chi connectivity index (χ0n) is 10.7. The van der Waals surface area contributed by atoms with Crippen LogP contribution in [0.15, 0.2) is 48.5 Å². The minimum atomic E-state index is -0.968. The van der Waals surface area contributed by atoms with E-state index in [9.17, 15) is 9.18 Å². The minimum Gasteiger partial charge on any atom is -0.492 e. The molecule has 0 saturated carbocycles. The number of nitrogens with one attached hydrogen (secondary N) is 1. The van der Waals surface area contributed by atoms with Crippen molar-refractivity contribution in [3.05, 3.63) is 59.9 Å². The molecule has 5 heteroatoms. The van der Waals surface area contributed by atoms with Crippen molar-refractivity contribution in [3.63, 3.8) is 0 Å². The van der Waals surface area contributed by atoms with Gasteiger partial charge in [-0.25, -0.2) is 9.18 Å². The van der Waals surface area contributed by atoms with E-state index in [0.717, 1.165) is 0 Å². The number of benzene rings is 2. The molecular weight excluding hydrogens is 261 g/mol. The van der Waals surface area contributed by atoms with Crippen molar-refractivity contribution >= 4 is 11.7 Å².